The maximum Gasteiger partial charge on any atom is 0.337 e. The number of amides is 3. The summed E-state index contributed by atoms with van der Waals surface area (Å²) in [6, 6.07) is 19.1. The molecule has 1 aliphatic heterocycles. The summed E-state index contributed by atoms with van der Waals surface area (Å²) in [6.45, 7) is 2.34. The van der Waals surface area contributed by atoms with Crippen LogP contribution in [0.15, 0.2) is 83.5 Å². The molecule has 0 bridgehead atoms. The molecule has 3 aromatic carbocycles. The lowest BCUT2D eigenvalue weighted by Gasteiger charge is -2.16. The van der Waals surface area contributed by atoms with Crippen molar-refractivity contribution in [1.82, 2.24) is 0 Å². The Bertz CT molecular complexity index is 1400. The average molecular weight is 520 g/mol. The van der Waals surface area contributed by atoms with Crippen molar-refractivity contribution in [3.8, 4) is 5.75 Å². The van der Waals surface area contributed by atoms with E-state index < -0.39 is 23.7 Å². The van der Waals surface area contributed by atoms with E-state index >= 15 is 0 Å². The minimum Gasteiger partial charge on any atom is -0.494 e. The van der Waals surface area contributed by atoms with Gasteiger partial charge in [-0.15, -0.1) is 0 Å². The van der Waals surface area contributed by atoms with Crippen LogP contribution < -0.4 is 20.3 Å². The highest BCUT2D eigenvalue weighted by Gasteiger charge is 2.39. The normalized spacial score (nSPS) is 13.0. The van der Waals surface area contributed by atoms with E-state index in [0.717, 1.165) is 4.90 Å². The van der Waals surface area contributed by atoms with Gasteiger partial charge in [0.1, 0.15) is 16.5 Å². The molecule has 9 nitrogen and oxygen atoms in total. The van der Waals surface area contributed by atoms with E-state index in [1.807, 2.05) is 6.92 Å². The molecule has 2 N–H and O–H groups in total. The third-order valence-electron chi connectivity index (χ3n) is 5.39. The monoisotopic (exact) mass is 519 g/mol. The predicted octanol–water partition coefficient (Wildman–Crippen LogP) is 4.56. The number of halogens is 1. The summed E-state index contributed by atoms with van der Waals surface area (Å²) in [5, 5.41) is 5.34. The maximum atomic E-state index is 13.1. The van der Waals surface area contributed by atoms with Gasteiger partial charge in [0.05, 0.1) is 25.0 Å². The molecular weight excluding hydrogens is 498 g/mol. The first-order chi connectivity index (χ1) is 17.8. The molecule has 4 rings (SSSR count). The van der Waals surface area contributed by atoms with Crippen LogP contribution in [-0.4, -0.2) is 37.4 Å². The molecular formula is C27H22ClN3O6. The Kier molecular flexibility index (Phi) is 7.55. The van der Waals surface area contributed by atoms with Gasteiger partial charge in [-0.1, -0.05) is 17.7 Å². The van der Waals surface area contributed by atoms with Crippen LogP contribution in [-0.2, 0) is 14.3 Å². The van der Waals surface area contributed by atoms with Gasteiger partial charge in [0, 0.05) is 16.9 Å². The number of nitrogens with zero attached hydrogens (tertiary/aromatic N) is 1. The fourth-order valence-electron chi connectivity index (χ4n) is 3.60. The van der Waals surface area contributed by atoms with Crippen LogP contribution in [0.1, 0.15) is 27.6 Å². The van der Waals surface area contributed by atoms with Gasteiger partial charge < -0.3 is 20.1 Å². The summed E-state index contributed by atoms with van der Waals surface area (Å²) in [5.74, 6) is -1.58. The van der Waals surface area contributed by atoms with E-state index in [4.69, 9.17) is 16.3 Å². The van der Waals surface area contributed by atoms with Crippen LogP contribution in [0.5, 0.6) is 5.75 Å². The van der Waals surface area contributed by atoms with Crippen molar-refractivity contribution in [3.05, 3.63) is 94.7 Å². The first-order valence-electron chi connectivity index (χ1n) is 11.2. The maximum absolute atomic E-state index is 13.1. The second-order valence-corrected chi connectivity index (χ2v) is 8.17. The van der Waals surface area contributed by atoms with Gasteiger partial charge in [-0.2, -0.15) is 0 Å². The second-order valence-electron chi connectivity index (χ2n) is 7.79. The third kappa shape index (κ3) is 5.46. The Morgan fingerprint density at radius 2 is 1.59 bits per heavy atom. The standard InChI is InChI=1S/C27H22ClN3O6/c1-3-37-21-13-11-20(12-14-21)31-25(33)22(28)23(26(31)34)29-19-6-4-5-17(15-19)24(32)30-18-9-7-16(8-10-18)27(35)36-2/h4-15,29H,3H2,1-2H3,(H,30,32). The molecule has 0 atom stereocenters. The number of hydrogen-bond acceptors (Lipinski definition) is 7. The Morgan fingerprint density at radius 1 is 0.892 bits per heavy atom. The van der Waals surface area contributed by atoms with Crippen LogP contribution >= 0.6 is 11.6 Å². The predicted molar refractivity (Wildman–Crippen MR) is 139 cm³/mol. The molecule has 0 spiro atoms. The first-order valence-corrected chi connectivity index (χ1v) is 11.6. The summed E-state index contributed by atoms with van der Waals surface area (Å²) in [5.41, 5.74) is 1.75. The Hall–Kier alpha value is -4.63. The number of carbonyl (C=O) groups is 4. The average Bonchev–Trinajstić information content (AvgIpc) is 3.12. The summed E-state index contributed by atoms with van der Waals surface area (Å²) in [4.78, 5) is 51.1. The minimum absolute atomic E-state index is 0.100. The quantitative estimate of drug-likeness (QED) is 0.331. The largest absolute Gasteiger partial charge is 0.494 e. The number of hydrogen-bond donors (Lipinski definition) is 2. The summed E-state index contributed by atoms with van der Waals surface area (Å²) >= 11 is 6.22. The van der Waals surface area contributed by atoms with Crippen molar-refractivity contribution in [2.75, 3.05) is 29.3 Å². The zero-order valence-electron chi connectivity index (χ0n) is 19.9. The van der Waals surface area contributed by atoms with Crippen LogP contribution in [0.3, 0.4) is 0 Å². The van der Waals surface area contributed by atoms with E-state index in [2.05, 4.69) is 15.4 Å². The van der Waals surface area contributed by atoms with Crippen LogP contribution in [0.2, 0.25) is 0 Å². The number of benzene rings is 3. The fraction of sp³-hybridized carbons (Fsp3) is 0.111. The molecule has 1 heterocycles. The molecule has 188 valence electrons. The lowest BCUT2D eigenvalue weighted by molar-refractivity contribution is -0.120. The molecule has 0 saturated carbocycles. The van der Waals surface area contributed by atoms with E-state index in [1.165, 1.54) is 25.3 Å². The lowest BCUT2D eigenvalue weighted by Crippen LogP contribution is -2.32. The fourth-order valence-corrected chi connectivity index (χ4v) is 3.81. The number of nitrogens with one attached hydrogen (secondary N) is 2. The number of carbonyl (C=O) groups excluding carboxylic acids is 4. The number of rotatable bonds is 8. The molecule has 37 heavy (non-hydrogen) atoms. The molecule has 0 unspecified atom stereocenters. The van der Waals surface area contributed by atoms with E-state index in [-0.39, 0.29) is 10.7 Å². The summed E-state index contributed by atoms with van der Waals surface area (Å²) in [6.07, 6.45) is 0. The highest BCUT2D eigenvalue weighted by Crippen LogP contribution is 2.31. The number of anilines is 3. The third-order valence-corrected chi connectivity index (χ3v) is 5.74. The number of methoxy groups -OCH3 is 1. The van der Waals surface area contributed by atoms with Gasteiger partial charge in [-0.3, -0.25) is 14.4 Å². The molecule has 0 aliphatic carbocycles. The lowest BCUT2D eigenvalue weighted by atomic mass is 10.1. The highest BCUT2D eigenvalue weighted by molar-refractivity contribution is 6.53. The molecule has 3 amide bonds. The Balaban J connectivity index is 1.47. The molecule has 0 saturated heterocycles. The zero-order chi connectivity index (χ0) is 26.5. The smallest absolute Gasteiger partial charge is 0.337 e. The molecule has 0 aromatic heterocycles. The van der Waals surface area contributed by atoms with Gasteiger partial charge in [0.15, 0.2) is 0 Å². The van der Waals surface area contributed by atoms with Crippen LogP contribution in [0.25, 0.3) is 0 Å². The molecule has 0 fully saturated rings. The molecule has 0 radical (unpaired) electrons. The highest BCUT2D eigenvalue weighted by atomic mass is 35.5. The van der Waals surface area contributed by atoms with E-state index in [9.17, 15) is 19.2 Å². The first kappa shape index (κ1) is 25.5. The molecule has 1 aliphatic rings. The molecule has 10 heteroatoms. The van der Waals surface area contributed by atoms with E-state index in [1.54, 1.807) is 54.6 Å². The number of esters is 1. The van der Waals surface area contributed by atoms with Crippen molar-refractivity contribution >= 4 is 52.4 Å². The zero-order valence-corrected chi connectivity index (χ0v) is 20.7. The van der Waals surface area contributed by atoms with Crippen molar-refractivity contribution in [3.63, 3.8) is 0 Å². The minimum atomic E-state index is -0.664. The van der Waals surface area contributed by atoms with Crippen LogP contribution in [0.4, 0.5) is 17.1 Å². The van der Waals surface area contributed by atoms with Crippen molar-refractivity contribution in [1.29, 1.82) is 0 Å². The van der Waals surface area contributed by atoms with Crippen molar-refractivity contribution < 1.29 is 28.7 Å². The van der Waals surface area contributed by atoms with Gasteiger partial charge in [-0.25, -0.2) is 9.69 Å². The Labute approximate surface area is 217 Å². The van der Waals surface area contributed by atoms with Gasteiger partial charge in [0.25, 0.3) is 17.7 Å². The second kappa shape index (κ2) is 11.0. The Morgan fingerprint density at radius 3 is 2.24 bits per heavy atom. The van der Waals surface area contributed by atoms with Gasteiger partial charge >= 0.3 is 5.97 Å². The topological polar surface area (TPSA) is 114 Å². The molecule has 3 aromatic rings. The van der Waals surface area contributed by atoms with Gasteiger partial charge in [0.2, 0.25) is 0 Å². The van der Waals surface area contributed by atoms with Crippen molar-refractivity contribution in [2.45, 2.75) is 6.92 Å². The number of imide groups is 1. The SMILES string of the molecule is CCOc1ccc(N2C(=O)C(Cl)=C(Nc3cccc(C(=O)Nc4ccc(C(=O)OC)cc4)c3)C2=O)cc1. The van der Waals surface area contributed by atoms with Gasteiger partial charge in [-0.05, 0) is 73.7 Å². The van der Waals surface area contributed by atoms with E-state index in [0.29, 0.717) is 40.5 Å². The number of ether oxygens (including phenoxy) is 2. The summed E-state index contributed by atoms with van der Waals surface area (Å²) < 4.78 is 10.1. The summed E-state index contributed by atoms with van der Waals surface area (Å²) in [7, 11) is 1.29. The van der Waals surface area contributed by atoms with Crippen molar-refractivity contribution in [2.24, 2.45) is 0 Å². The van der Waals surface area contributed by atoms with Crippen LogP contribution in [0, 0.1) is 0 Å².